The molecule has 0 saturated carbocycles. The highest BCUT2D eigenvalue weighted by molar-refractivity contribution is 5.34. The molecule has 0 aliphatic rings. The van der Waals surface area contributed by atoms with Gasteiger partial charge >= 0.3 is 0 Å². The fourth-order valence-electron chi connectivity index (χ4n) is 1.64. The summed E-state index contributed by atoms with van der Waals surface area (Å²) in [5.74, 6) is 0.677. The molecular weight excluding hydrogens is 186 g/mol. The van der Waals surface area contributed by atoms with E-state index in [1.807, 2.05) is 6.07 Å². The van der Waals surface area contributed by atoms with Crippen LogP contribution in [0.4, 0.5) is 0 Å². The minimum Gasteiger partial charge on any atom is -0.223 e. The summed E-state index contributed by atoms with van der Waals surface area (Å²) in [6.07, 6.45) is 4.37. The molecule has 0 aliphatic carbocycles. The van der Waals surface area contributed by atoms with Gasteiger partial charge in [0.1, 0.15) is 12.7 Å². The molecule has 1 heterocycles. The molecule has 0 fully saturated rings. The van der Waals surface area contributed by atoms with Gasteiger partial charge in [0.2, 0.25) is 0 Å². The smallest absolute Gasteiger partial charge is 0.138 e. The number of aromatic nitrogens is 3. The Morgan fingerprint density at radius 1 is 1.33 bits per heavy atom. The van der Waals surface area contributed by atoms with Crippen molar-refractivity contribution >= 4 is 0 Å². The molecule has 0 amide bonds. The van der Waals surface area contributed by atoms with Gasteiger partial charge in [-0.3, -0.25) is 0 Å². The highest BCUT2D eigenvalue weighted by Crippen LogP contribution is 2.12. The molecule has 78 valence electrons. The zero-order chi connectivity index (χ0) is 10.7. The first-order chi connectivity index (χ1) is 7.25. The summed E-state index contributed by atoms with van der Waals surface area (Å²) in [4.78, 5) is 3.94. The van der Waals surface area contributed by atoms with Crippen molar-refractivity contribution in [2.45, 2.75) is 20.3 Å². The first-order valence-electron chi connectivity index (χ1n) is 5.19. The average molecular weight is 201 g/mol. The summed E-state index contributed by atoms with van der Waals surface area (Å²) in [6.45, 7) is 4.45. The second-order valence-corrected chi connectivity index (χ2v) is 4.11. The van der Waals surface area contributed by atoms with Crippen LogP contribution in [0.3, 0.4) is 0 Å². The molecule has 0 atom stereocenters. The average Bonchev–Trinajstić information content (AvgIpc) is 2.69. The summed E-state index contributed by atoms with van der Waals surface area (Å²) in [6, 6.07) is 8.42. The molecule has 1 aromatic carbocycles. The van der Waals surface area contributed by atoms with Gasteiger partial charge in [0, 0.05) is 0 Å². The lowest BCUT2D eigenvalue weighted by Crippen LogP contribution is -1.98. The van der Waals surface area contributed by atoms with E-state index in [4.69, 9.17) is 0 Å². The Kier molecular flexibility index (Phi) is 2.81. The van der Waals surface area contributed by atoms with Gasteiger partial charge < -0.3 is 0 Å². The molecule has 0 radical (unpaired) electrons. The van der Waals surface area contributed by atoms with E-state index < -0.39 is 0 Å². The molecule has 3 heteroatoms. The lowest BCUT2D eigenvalue weighted by Gasteiger charge is -2.06. The van der Waals surface area contributed by atoms with Gasteiger partial charge in [-0.15, -0.1) is 0 Å². The van der Waals surface area contributed by atoms with Crippen molar-refractivity contribution in [3.8, 4) is 5.69 Å². The molecule has 0 spiro atoms. The van der Waals surface area contributed by atoms with Crippen LogP contribution >= 0.6 is 0 Å². The SMILES string of the molecule is CC(C)Cc1cccc(-n2cncn2)c1. The predicted molar refractivity (Wildman–Crippen MR) is 59.9 cm³/mol. The fraction of sp³-hybridized carbons (Fsp3) is 0.333. The Morgan fingerprint density at radius 3 is 2.87 bits per heavy atom. The van der Waals surface area contributed by atoms with E-state index in [1.54, 1.807) is 17.3 Å². The molecule has 1 aromatic heterocycles. The number of benzene rings is 1. The van der Waals surface area contributed by atoms with Crippen molar-refractivity contribution in [3.05, 3.63) is 42.5 Å². The Balaban J connectivity index is 2.27. The lowest BCUT2D eigenvalue weighted by atomic mass is 10.0. The molecule has 0 bridgehead atoms. The van der Waals surface area contributed by atoms with Crippen molar-refractivity contribution in [2.24, 2.45) is 5.92 Å². The normalized spacial score (nSPS) is 10.9. The van der Waals surface area contributed by atoms with Gasteiger partial charge in [0.25, 0.3) is 0 Å². The fourth-order valence-corrected chi connectivity index (χ4v) is 1.64. The van der Waals surface area contributed by atoms with E-state index in [-0.39, 0.29) is 0 Å². The third kappa shape index (κ3) is 2.43. The summed E-state index contributed by atoms with van der Waals surface area (Å²) >= 11 is 0. The van der Waals surface area contributed by atoms with Gasteiger partial charge in [0.05, 0.1) is 5.69 Å². The summed E-state index contributed by atoms with van der Waals surface area (Å²) in [5, 5.41) is 4.11. The van der Waals surface area contributed by atoms with Crippen LogP contribution in [-0.4, -0.2) is 14.8 Å². The molecular formula is C12H15N3. The van der Waals surface area contributed by atoms with Gasteiger partial charge in [0.15, 0.2) is 0 Å². The maximum Gasteiger partial charge on any atom is 0.138 e. The zero-order valence-corrected chi connectivity index (χ0v) is 9.09. The Morgan fingerprint density at radius 2 is 2.20 bits per heavy atom. The second kappa shape index (κ2) is 4.26. The topological polar surface area (TPSA) is 30.7 Å². The second-order valence-electron chi connectivity index (χ2n) is 4.11. The van der Waals surface area contributed by atoms with E-state index in [0.717, 1.165) is 12.1 Å². The van der Waals surface area contributed by atoms with Gasteiger partial charge in [-0.25, -0.2) is 9.67 Å². The van der Waals surface area contributed by atoms with Crippen LogP contribution < -0.4 is 0 Å². The third-order valence-corrected chi connectivity index (χ3v) is 2.24. The molecule has 0 aliphatic heterocycles. The molecule has 2 aromatic rings. The van der Waals surface area contributed by atoms with E-state index in [0.29, 0.717) is 5.92 Å². The van der Waals surface area contributed by atoms with Crippen LogP contribution in [0.15, 0.2) is 36.9 Å². The number of hydrogen-bond donors (Lipinski definition) is 0. The molecule has 0 N–H and O–H groups in total. The quantitative estimate of drug-likeness (QED) is 0.763. The number of hydrogen-bond acceptors (Lipinski definition) is 2. The maximum atomic E-state index is 4.11. The standard InChI is InChI=1S/C12H15N3/c1-10(2)6-11-4-3-5-12(7-11)15-9-13-8-14-15/h3-5,7-10H,6H2,1-2H3. The Bertz CT molecular complexity index is 418. The van der Waals surface area contributed by atoms with Crippen LogP contribution in [-0.2, 0) is 6.42 Å². The van der Waals surface area contributed by atoms with E-state index in [2.05, 4.69) is 42.1 Å². The zero-order valence-electron chi connectivity index (χ0n) is 9.09. The van der Waals surface area contributed by atoms with Crippen molar-refractivity contribution in [3.63, 3.8) is 0 Å². The monoisotopic (exact) mass is 201 g/mol. The predicted octanol–water partition coefficient (Wildman–Crippen LogP) is 2.47. The summed E-state index contributed by atoms with van der Waals surface area (Å²) in [5.41, 5.74) is 2.42. The van der Waals surface area contributed by atoms with Crippen LogP contribution in [0.25, 0.3) is 5.69 Å². The number of rotatable bonds is 3. The van der Waals surface area contributed by atoms with Gasteiger partial charge in [-0.05, 0) is 30.0 Å². The Labute approximate surface area is 89.8 Å². The Hall–Kier alpha value is -1.64. The highest BCUT2D eigenvalue weighted by atomic mass is 15.3. The molecule has 0 unspecified atom stereocenters. The van der Waals surface area contributed by atoms with Gasteiger partial charge in [-0.2, -0.15) is 5.10 Å². The minimum absolute atomic E-state index is 0.677. The van der Waals surface area contributed by atoms with Crippen molar-refractivity contribution in [2.75, 3.05) is 0 Å². The lowest BCUT2D eigenvalue weighted by molar-refractivity contribution is 0.646. The first-order valence-corrected chi connectivity index (χ1v) is 5.19. The molecule has 2 rings (SSSR count). The van der Waals surface area contributed by atoms with Crippen molar-refractivity contribution in [1.82, 2.24) is 14.8 Å². The largest absolute Gasteiger partial charge is 0.223 e. The van der Waals surface area contributed by atoms with Crippen LogP contribution in [0.1, 0.15) is 19.4 Å². The van der Waals surface area contributed by atoms with Gasteiger partial charge in [-0.1, -0.05) is 26.0 Å². The number of nitrogens with zero attached hydrogens (tertiary/aromatic N) is 3. The third-order valence-electron chi connectivity index (χ3n) is 2.24. The van der Waals surface area contributed by atoms with Crippen LogP contribution in [0.2, 0.25) is 0 Å². The first kappa shape index (κ1) is 9.90. The van der Waals surface area contributed by atoms with E-state index >= 15 is 0 Å². The van der Waals surface area contributed by atoms with Crippen molar-refractivity contribution in [1.29, 1.82) is 0 Å². The molecule has 3 nitrogen and oxygen atoms in total. The van der Waals surface area contributed by atoms with Crippen LogP contribution in [0.5, 0.6) is 0 Å². The minimum atomic E-state index is 0.677. The van der Waals surface area contributed by atoms with Crippen molar-refractivity contribution < 1.29 is 0 Å². The summed E-state index contributed by atoms with van der Waals surface area (Å²) < 4.78 is 1.78. The van der Waals surface area contributed by atoms with Crippen LogP contribution in [0, 0.1) is 5.92 Å². The maximum absolute atomic E-state index is 4.11. The molecule has 15 heavy (non-hydrogen) atoms. The molecule has 0 saturated heterocycles. The van der Waals surface area contributed by atoms with E-state index in [9.17, 15) is 0 Å². The highest BCUT2D eigenvalue weighted by Gasteiger charge is 2.00. The summed E-state index contributed by atoms with van der Waals surface area (Å²) in [7, 11) is 0. The van der Waals surface area contributed by atoms with E-state index in [1.165, 1.54) is 5.56 Å².